The standard InChI is InChI=1S/C36H39F6N3O6S/c1-2-7-29-34(51-24-20-30(52-22-24)36(40,41)42,14-6-16-45(29)32(48)26-21-43-15-11-27(26)35(37,38)39)33(49)44-17-12-23(13-18-44)25-8-3-4-9-28(25)50-19-5-10-31(46)47/h3-4,8-9,11,15,20-23,29H,2,5-7,10,12-14,16-19H2,1H3,(H,46,47)/t29-,34+/m1/s1. The van der Waals surface area contributed by atoms with Crippen LogP contribution in [0.15, 0.2) is 54.2 Å². The largest absolute Gasteiger partial charge is 0.493 e. The molecule has 1 N–H and O–H groups in total. The summed E-state index contributed by atoms with van der Waals surface area (Å²) in [7, 11) is 0. The number of hydrogen-bond donors (Lipinski definition) is 1. The second kappa shape index (κ2) is 16.1. The Morgan fingerprint density at radius 3 is 2.42 bits per heavy atom. The van der Waals surface area contributed by atoms with Gasteiger partial charge < -0.3 is 24.4 Å². The Morgan fingerprint density at radius 1 is 1.04 bits per heavy atom. The van der Waals surface area contributed by atoms with Gasteiger partial charge in [-0.05, 0) is 55.7 Å². The van der Waals surface area contributed by atoms with Gasteiger partial charge in [-0.25, -0.2) is 0 Å². The van der Waals surface area contributed by atoms with Crippen LogP contribution in [-0.4, -0.2) is 75.6 Å². The molecule has 2 aliphatic rings. The first kappa shape index (κ1) is 38.9. The first-order chi connectivity index (χ1) is 24.7. The smallest absolute Gasteiger partial charge is 0.425 e. The summed E-state index contributed by atoms with van der Waals surface area (Å²) in [4.78, 5) is 45.3. The van der Waals surface area contributed by atoms with Crippen molar-refractivity contribution in [3.05, 3.63) is 75.7 Å². The number of hydrogen-bond acceptors (Lipinski definition) is 7. The molecule has 16 heteroatoms. The van der Waals surface area contributed by atoms with Crippen LogP contribution in [0.5, 0.6) is 11.5 Å². The average Bonchev–Trinajstić information content (AvgIpc) is 3.59. The fraction of sp³-hybridized carbons (Fsp3) is 0.500. The maximum absolute atomic E-state index is 14.8. The van der Waals surface area contributed by atoms with Gasteiger partial charge >= 0.3 is 18.3 Å². The van der Waals surface area contributed by atoms with Crippen LogP contribution in [-0.2, 0) is 21.9 Å². The summed E-state index contributed by atoms with van der Waals surface area (Å²) in [5.74, 6) is -2.13. The minimum Gasteiger partial charge on any atom is -0.493 e. The summed E-state index contributed by atoms with van der Waals surface area (Å²) in [5.41, 5.74) is -2.89. The number of piperidine rings is 2. The number of aromatic nitrogens is 1. The van der Waals surface area contributed by atoms with Crippen molar-refractivity contribution in [1.29, 1.82) is 0 Å². The second-order valence-electron chi connectivity index (χ2n) is 12.9. The molecule has 0 saturated carbocycles. The van der Waals surface area contributed by atoms with Gasteiger partial charge in [-0.2, -0.15) is 26.3 Å². The highest BCUT2D eigenvalue weighted by atomic mass is 32.1. The Balaban J connectivity index is 1.45. The summed E-state index contributed by atoms with van der Waals surface area (Å²) in [6.45, 7) is 2.43. The number of amides is 2. The fourth-order valence-corrected chi connectivity index (χ4v) is 7.80. The topological polar surface area (TPSA) is 109 Å². The van der Waals surface area contributed by atoms with Crippen molar-refractivity contribution < 1.29 is 55.3 Å². The monoisotopic (exact) mass is 755 g/mol. The van der Waals surface area contributed by atoms with Gasteiger partial charge in [0.25, 0.3) is 11.8 Å². The highest BCUT2D eigenvalue weighted by Gasteiger charge is 2.56. The Kier molecular flexibility index (Phi) is 12.1. The quantitative estimate of drug-likeness (QED) is 0.147. The molecule has 5 rings (SSSR count). The lowest BCUT2D eigenvalue weighted by Gasteiger charge is -2.50. The summed E-state index contributed by atoms with van der Waals surface area (Å²) in [6, 6.07) is 7.74. The van der Waals surface area contributed by atoms with E-state index in [-0.39, 0.29) is 63.6 Å². The third-order valence-corrected chi connectivity index (χ3v) is 10.4. The van der Waals surface area contributed by atoms with E-state index in [9.17, 15) is 40.7 Å². The molecule has 0 spiro atoms. The average molecular weight is 756 g/mol. The van der Waals surface area contributed by atoms with E-state index in [2.05, 4.69) is 4.98 Å². The van der Waals surface area contributed by atoms with Crippen LogP contribution in [0, 0.1) is 0 Å². The molecule has 0 radical (unpaired) electrons. The van der Waals surface area contributed by atoms with E-state index < -0.39 is 57.8 Å². The number of rotatable bonds is 12. The summed E-state index contributed by atoms with van der Waals surface area (Å²) in [5, 5.41) is 10.1. The number of carboxylic acids is 1. The highest BCUT2D eigenvalue weighted by Crippen LogP contribution is 2.44. The maximum atomic E-state index is 14.8. The first-order valence-corrected chi connectivity index (χ1v) is 17.9. The van der Waals surface area contributed by atoms with Crippen LogP contribution >= 0.6 is 11.3 Å². The predicted octanol–water partition coefficient (Wildman–Crippen LogP) is 8.05. The van der Waals surface area contributed by atoms with Crippen LogP contribution in [0.4, 0.5) is 26.3 Å². The number of carbonyl (C=O) groups is 3. The van der Waals surface area contributed by atoms with Gasteiger partial charge in [-0.3, -0.25) is 19.4 Å². The fourth-order valence-electron chi connectivity index (χ4n) is 7.12. The molecule has 2 amide bonds. The van der Waals surface area contributed by atoms with E-state index >= 15 is 0 Å². The molecule has 52 heavy (non-hydrogen) atoms. The van der Waals surface area contributed by atoms with E-state index in [1.165, 1.54) is 4.90 Å². The number of likely N-dealkylation sites (tertiary alicyclic amines) is 2. The summed E-state index contributed by atoms with van der Waals surface area (Å²) in [6.07, 6.45) is -5.86. The van der Waals surface area contributed by atoms with Crippen molar-refractivity contribution in [3.63, 3.8) is 0 Å². The number of thiophene rings is 1. The van der Waals surface area contributed by atoms with E-state index in [1.807, 2.05) is 12.1 Å². The number of alkyl halides is 6. The van der Waals surface area contributed by atoms with Crippen molar-refractivity contribution >= 4 is 29.1 Å². The minimum atomic E-state index is -4.87. The number of halogens is 6. The number of aliphatic carboxylic acids is 1. The Hall–Kier alpha value is -4.34. The lowest BCUT2D eigenvalue weighted by atomic mass is 9.79. The molecule has 3 aromatic rings. The first-order valence-electron chi connectivity index (χ1n) is 17.1. The van der Waals surface area contributed by atoms with Crippen LogP contribution in [0.2, 0.25) is 0 Å². The Bertz CT molecular complexity index is 1720. The van der Waals surface area contributed by atoms with Crippen LogP contribution in [0.25, 0.3) is 0 Å². The van der Waals surface area contributed by atoms with Gasteiger partial charge in [0.05, 0.1) is 23.8 Å². The number of pyridine rings is 1. The zero-order valence-electron chi connectivity index (χ0n) is 28.3. The molecular formula is C36H39F6N3O6S. The van der Waals surface area contributed by atoms with Crippen LogP contribution in [0.1, 0.15) is 90.6 Å². The van der Waals surface area contributed by atoms with Crippen molar-refractivity contribution in [2.24, 2.45) is 0 Å². The van der Waals surface area contributed by atoms with Gasteiger partial charge in [-0.1, -0.05) is 31.5 Å². The molecule has 2 fully saturated rings. The van der Waals surface area contributed by atoms with E-state index in [4.69, 9.17) is 14.6 Å². The summed E-state index contributed by atoms with van der Waals surface area (Å²) < 4.78 is 95.2. The number of nitrogens with zero attached hydrogens (tertiary/aromatic N) is 3. The third kappa shape index (κ3) is 8.64. The van der Waals surface area contributed by atoms with Crippen LogP contribution < -0.4 is 9.47 Å². The molecule has 0 unspecified atom stereocenters. The van der Waals surface area contributed by atoms with Crippen molar-refractivity contribution in [2.45, 2.75) is 88.2 Å². The van der Waals surface area contributed by atoms with Gasteiger partial charge in [-0.15, -0.1) is 11.3 Å². The maximum Gasteiger partial charge on any atom is 0.425 e. The molecule has 2 aromatic heterocycles. The number of para-hydroxylation sites is 1. The minimum absolute atomic E-state index is 0.00313. The van der Waals surface area contributed by atoms with E-state index in [0.717, 1.165) is 29.4 Å². The Morgan fingerprint density at radius 2 is 1.77 bits per heavy atom. The lowest BCUT2D eigenvalue weighted by Crippen LogP contribution is -2.68. The normalized spacial score (nSPS) is 20.1. The zero-order valence-corrected chi connectivity index (χ0v) is 29.2. The molecule has 0 aliphatic carbocycles. The SMILES string of the molecule is CCC[C@H]1N(C(=O)c2cnccc2C(F)(F)F)CCC[C@@]1(Oc1csc(C(F)(F)F)c1)C(=O)N1CCC(c2ccccc2OCCCC(=O)O)CC1. The van der Waals surface area contributed by atoms with Crippen LogP contribution in [0.3, 0.4) is 0 Å². The molecule has 2 aliphatic heterocycles. The number of ether oxygens (including phenoxy) is 2. The number of carboxylic acid groups (broad SMARTS) is 1. The molecule has 9 nitrogen and oxygen atoms in total. The van der Waals surface area contributed by atoms with Gasteiger partial charge in [0.1, 0.15) is 16.4 Å². The Labute approximate surface area is 300 Å². The summed E-state index contributed by atoms with van der Waals surface area (Å²) >= 11 is 0.392. The molecular weight excluding hydrogens is 716 g/mol. The van der Waals surface area contributed by atoms with Gasteiger partial charge in [0, 0.05) is 56.3 Å². The molecule has 2 saturated heterocycles. The van der Waals surface area contributed by atoms with E-state index in [0.29, 0.717) is 48.8 Å². The van der Waals surface area contributed by atoms with Gasteiger partial charge in [0.15, 0.2) is 0 Å². The predicted molar refractivity (Wildman–Crippen MR) is 178 cm³/mol. The number of benzene rings is 1. The van der Waals surface area contributed by atoms with Crippen molar-refractivity contribution in [1.82, 2.24) is 14.8 Å². The zero-order chi connectivity index (χ0) is 37.7. The molecule has 282 valence electrons. The molecule has 0 bridgehead atoms. The molecule has 4 heterocycles. The van der Waals surface area contributed by atoms with E-state index in [1.54, 1.807) is 24.0 Å². The highest BCUT2D eigenvalue weighted by molar-refractivity contribution is 7.10. The molecule has 2 atom stereocenters. The lowest BCUT2D eigenvalue weighted by molar-refractivity contribution is -0.160. The molecule has 1 aromatic carbocycles. The number of carbonyl (C=O) groups excluding carboxylic acids is 2. The van der Waals surface area contributed by atoms with Gasteiger partial charge in [0.2, 0.25) is 5.60 Å². The van der Waals surface area contributed by atoms with Crippen molar-refractivity contribution in [2.75, 3.05) is 26.2 Å². The second-order valence-corrected chi connectivity index (χ2v) is 13.8. The van der Waals surface area contributed by atoms with Crippen molar-refractivity contribution in [3.8, 4) is 11.5 Å². The third-order valence-electron chi connectivity index (χ3n) is 9.49.